The largest absolute Gasteiger partial charge is 0.378 e. The maximum absolute atomic E-state index is 11.9. The van der Waals surface area contributed by atoms with Gasteiger partial charge in [-0.1, -0.05) is 27.2 Å². The number of carbonyl (C=O) groups excluding carboxylic acids is 1. The number of amides is 1. The molecule has 4 nitrogen and oxygen atoms in total. The Labute approximate surface area is 111 Å². The number of hydrogen-bond donors (Lipinski definition) is 1. The van der Waals surface area contributed by atoms with E-state index in [0.717, 1.165) is 25.9 Å². The Hall–Kier alpha value is -0.610. The third-order valence-electron chi connectivity index (χ3n) is 4.13. The van der Waals surface area contributed by atoms with Gasteiger partial charge in [-0.3, -0.25) is 4.79 Å². The van der Waals surface area contributed by atoms with Crippen LogP contribution in [-0.4, -0.2) is 50.2 Å². The van der Waals surface area contributed by atoms with E-state index >= 15 is 0 Å². The minimum Gasteiger partial charge on any atom is -0.378 e. The molecule has 0 aromatic carbocycles. The highest BCUT2D eigenvalue weighted by Crippen LogP contribution is 2.45. The van der Waals surface area contributed by atoms with Crippen molar-refractivity contribution in [3.05, 3.63) is 0 Å². The highest BCUT2D eigenvalue weighted by molar-refractivity contribution is 5.78. The Balaban J connectivity index is 2.45. The number of hydrogen-bond acceptors (Lipinski definition) is 3. The summed E-state index contributed by atoms with van der Waals surface area (Å²) in [6.45, 7) is 7.81. The molecule has 1 N–H and O–H groups in total. The quantitative estimate of drug-likeness (QED) is 0.704. The highest BCUT2D eigenvalue weighted by Gasteiger charge is 2.51. The predicted octanol–water partition coefficient (Wildman–Crippen LogP) is 1.65. The molecule has 0 heterocycles. The maximum atomic E-state index is 11.9. The minimum atomic E-state index is 0.0614. The fourth-order valence-corrected chi connectivity index (χ4v) is 2.62. The Kier molecular flexibility index (Phi) is 5.60. The molecule has 0 aliphatic heterocycles. The van der Waals surface area contributed by atoms with Crippen LogP contribution in [0.5, 0.6) is 0 Å². The summed E-state index contributed by atoms with van der Waals surface area (Å²) < 4.78 is 5.90. The average molecular weight is 256 g/mol. The molecule has 18 heavy (non-hydrogen) atoms. The van der Waals surface area contributed by atoms with Crippen LogP contribution in [-0.2, 0) is 9.53 Å². The van der Waals surface area contributed by atoms with E-state index in [1.54, 1.807) is 7.05 Å². The van der Waals surface area contributed by atoms with Crippen LogP contribution in [0.25, 0.3) is 0 Å². The number of ether oxygens (including phenoxy) is 1. The first-order valence-corrected chi connectivity index (χ1v) is 6.97. The van der Waals surface area contributed by atoms with Gasteiger partial charge in [0.25, 0.3) is 0 Å². The van der Waals surface area contributed by atoms with Crippen molar-refractivity contribution in [3.63, 3.8) is 0 Å². The van der Waals surface area contributed by atoms with E-state index in [4.69, 9.17) is 4.74 Å². The van der Waals surface area contributed by atoms with Gasteiger partial charge >= 0.3 is 0 Å². The SMILES string of the molecule is CCCCOC1CC(N(C)C(=O)CNC)C1(C)C. The molecule has 4 heteroatoms. The molecule has 0 aromatic rings. The third-order valence-corrected chi connectivity index (χ3v) is 4.13. The van der Waals surface area contributed by atoms with Crippen LogP contribution < -0.4 is 5.32 Å². The molecule has 0 aromatic heterocycles. The molecular formula is C14H28N2O2. The van der Waals surface area contributed by atoms with Gasteiger partial charge in [0.05, 0.1) is 12.6 Å². The molecule has 1 fully saturated rings. The van der Waals surface area contributed by atoms with E-state index in [-0.39, 0.29) is 11.3 Å². The van der Waals surface area contributed by atoms with E-state index in [1.807, 2.05) is 11.9 Å². The van der Waals surface area contributed by atoms with Crippen LogP contribution in [0.15, 0.2) is 0 Å². The maximum Gasteiger partial charge on any atom is 0.236 e. The number of nitrogens with one attached hydrogen (secondary N) is 1. The summed E-state index contributed by atoms with van der Waals surface area (Å²) in [4.78, 5) is 13.7. The summed E-state index contributed by atoms with van der Waals surface area (Å²) in [6.07, 6.45) is 3.53. The Bertz CT molecular complexity index is 279. The lowest BCUT2D eigenvalue weighted by Crippen LogP contribution is -2.63. The van der Waals surface area contributed by atoms with Gasteiger partial charge in [0.2, 0.25) is 5.91 Å². The molecule has 1 rings (SSSR count). The summed E-state index contributed by atoms with van der Waals surface area (Å²) in [7, 11) is 3.70. The van der Waals surface area contributed by atoms with E-state index in [2.05, 4.69) is 26.1 Å². The molecule has 1 saturated carbocycles. The normalized spacial score (nSPS) is 25.6. The molecule has 1 aliphatic rings. The predicted molar refractivity (Wildman–Crippen MR) is 73.5 cm³/mol. The zero-order valence-electron chi connectivity index (χ0n) is 12.5. The summed E-state index contributed by atoms with van der Waals surface area (Å²) in [5.41, 5.74) is 0.0614. The monoisotopic (exact) mass is 256 g/mol. The fourth-order valence-electron chi connectivity index (χ4n) is 2.62. The first kappa shape index (κ1) is 15.4. The van der Waals surface area contributed by atoms with Crippen LogP contribution in [0.4, 0.5) is 0 Å². The van der Waals surface area contributed by atoms with Crippen LogP contribution >= 0.6 is 0 Å². The van der Waals surface area contributed by atoms with Crippen molar-refractivity contribution in [3.8, 4) is 0 Å². The van der Waals surface area contributed by atoms with Gasteiger partial charge < -0.3 is 15.0 Å². The molecular weight excluding hydrogens is 228 g/mol. The molecule has 0 radical (unpaired) electrons. The Morgan fingerprint density at radius 1 is 1.50 bits per heavy atom. The van der Waals surface area contributed by atoms with Crippen molar-refractivity contribution in [2.45, 2.75) is 52.2 Å². The van der Waals surface area contributed by atoms with Crippen molar-refractivity contribution in [2.75, 3.05) is 27.2 Å². The van der Waals surface area contributed by atoms with E-state index < -0.39 is 0 Å². The number of unbranched alkanes of at least 4 members (excludes halogenated alkanes) is 1. The summed E-state index contributed by atoms with van der Waals surface area (Å²) in [5, 5.41) is 2.91. The van der Waals surface area contributed by atoms with Crippen LogP contribution in [0.2, 0.25) is 0 Å². The molecule has 0 spiro atoms. The number of likely N-dealkylation sites (N-methyl/N-ethyl adjacent to an activating group) is 2. The summed E-state index contributed by atoms with van der Waals surface area (Å²) >= 11 is 0. The minimum absolute atomic E-state index is 0.0614. The Morgan fingerprint density at radius 3 is 2.67 bits per heavy atom. The fraction of sp³-hybridized carbons (Fsp3) is 0.929. The standard InChI is InChI=1S/C14H28N2O2/c1-6-7-8-18-12-9-11(14(12,2)3)16(5)13(17)10-15-4/h11-12,15H,6-10H2,1-5H3. The van der Waals surface area contributed by atoms with Gasteiger partial charge in [-0.15, -0.1) is 0 Å². The van der Waals surface area contributed by atoms with Gasteiger partial charge in [0.1, 0.15) is 0 Å². The second kappa shape index (κ2) is 6.53. The lowest BCUT2D eigenvalue weighted by molar-refractivity contribution is -0.164. The zero-order chi connectivity index (χ0) is 13.8. The van der Waals surface area contributed by atoms with Crippen molar-refractivity contribution < 1.29 is 9.53 Å². The van der Waals surface area contributed by atoms with Crippen molar-refractivity contribution in [2.24, 2.45) is 5.41 Å². The first-order valence-electron chi connectivity index (χ1n) is 6.97. The molecule has 0 bridgehead atoms. The van der Waals surface area contributed by atoms with Crippen molar-refractivity contribution >= 4 is 5.91 Å². The topological polar surface area (TPSA) is 41.6 Å². The molecule has 2 atom stereocenters. The van der Waals surface area contributed by atoms with Gasteiger partial charge in [0.15, 0.2) is 0 Å². The van der Waals surface area contributed by atoms with Crippen molar-refractivity contribution in [1.82, 2.24) is 10.2 Å². The first-order chi connectivity index (χ1) is 8.45. The zero-order valence-corrected chi connectivity index (χ0v) is 12.5. The number of nitrogens with zero attached hydrogens (tertiary/aromatic N) is 1. The second-order valence-electron chi connectivity index (χ2n) is 5.82. The molecule has 0 saturated heterocycles. The molecule has 106 valence electrons. The van der Waals surface area contributed by atoms with E-state index in [0.29, 0.717) is 18.7 Å². The van der Waals surface area contributed by atoms with E-state index in [1.165, 1.54) is 0 Å². The van der Waals surface area contributed by atoms with Gasteiger partial charge in [-0.2, -0.15) is 0 Å². The molecule has 1 aliphatic carbocycles. The summed E-state index contributed by atoms with van der Waals surface area (Å²) in [5.74, 6) is 0.155. The lowest BCUT2D eigenvalue weighted by atomic mass is 9.64. The summed E-state index contributed by atoms with van der Waals surface area (Å²) in [6, 6.07) is 0.296. The van der Waals surface area contributed by atoms with Gasteiger partial charge in [-0.05, 0) is 19.9 Å². The second-order valence-corrected chi connectivity index (χ2v) is 5.82. The molecule has 1 amide bonds. The third kappa shape index (κ3) is 3.23. The Morgan fingerprint density at radius 2 is 2.17 bits per heavy atom. The van der Waals surface area contributed by atoms with Gasteiger partial charge in [0, 0.05) is 25.1 Å². The van der Waals surface area contributed by atoms with E-state index in [9.17, 15) is 4.79 Å². The lowest BCUT2D eigenvalue weighted by Gasteiger charge is -2.55. The van der Waals surface area contributed by atoms with Crippen molar-refractivity contribution in [1.29, 1.82) is 0 Å². The highest BCUT2D eigenvalue weighted by atomic mass is 16.5. The van der Waals surface area contributed by atoms with Crippen LogP contribution in [0.3, 0.4) is 0 Å². The average Bonchev–Trinajstić information content (AvgIpc) is 2.32. The number of carbonyl (C=O) groups is 1. The molecule has 2 unspecified atom stereocenters. The van der Waals surface area contributed by atoms with Gasteiger partial charge in [-0.25, -0.2) is 0 Å². The van der Waals surface area contributed by atoms with Crippen LogP contribution in [0.1, 0.15) is 40.0 Å². The van der Waals surface area contributed by atoms with Crippen LogP contribution in [0, 0.1) is 5.41 Å². The smallest absolute Gasteiger partial charge is 0.236 e. The number of rotatable bonds is 7.